The number of nitrogens with zero attached hydrogens (tertiary/aromatic N) is 2. The number of hydrogen-bond donors (Lipinski definition) is 1. The van der Waals surface area contributed by atoms with Crippen molar-refractivity contribution in [2.75, 3.05) is 18.2 Å². The number of amidine groups is 1. The van der Waals surface area contributed by atoms with Gasteiger partial charge in [-0.3, -0.25) is 5.43 Å². The highest BCUT2D eigenvalue weighted by Crippen LogP contribution is 2.31. The lowest BCUT2D eigenvalue weighted by molar-refractivity contribution is 0.375. The van der Waals surface area contributed by atoms with Crippen LogP contribution >= 0.6 is 23.2 Å². The average Bonchev–Trinajstić information content (AvgIpc) is 2.98. The van der Waals surface area contributed by atoms with Gasteiger partial charge in [-0.25, -0.2) is 0 Å². The maximum Gasteiger partial charge on any atom is 0.168 e. The molecule has 1 aliphatic rings. The molecule has 1 N–H and O–H groups in total. The van der Waals surface area contributed by atoms with E-state index in [1.54, 1.807) is 18.2 Å². The van der Waals surface area contributed by atoms with Crippen molar-refractivity contribution in [1.29, 1.82) is 0 Å². The summed E-state index contributed by atoms with van der Waals surface area (Å²) >= 11 is 12.1. The molecule has 4 nitrogen and oxygen atoms in total. The molecule has 0 spiro atoms. The van der Waals surface area contributed by atoms with E-state index in [4.69, 9.17) is 27.9 Å². The maximum atomic E-state index is 6.11. The number of nitrogens with one attached hydrogen (secondary N) is 1. The van der Waals surface area contributed by atoms with Crippen LogP contribution in [0, 0.1) is 0 Å². The van der Waals surface area contributed by atoms with Crippen LogP contribution in [0.3, 0.4) is 0 Å². The summed E-state index contributed by atoms with van der Waals surface area (Å²) < 4.78 is 5.72. The van der Waals surface area contributed by atoms with Crippen LogP contribution in [0.5, 0.6) is 5.75 Å². The highest BCUT2D eigenvalue weighted by Gasteiger charge is 2.19. The number of anilines is 1. The van der Waals surface area contributed by atoms with Gasteiger partial charge in [0.05, 0.1) is 5.02 Å². The van der Waals surface area contributed by atoms with Crippen LogP contribution in [0.4, 0.5) is 5.69 Å². The fraction of sp³-hybridized carbons (Fsp3) is 0.133. The first-order chi connectivity index (χ1) is 10.3. The second-order valence-electron chi connectivity index (χ2n) is 4.45. The van der Waals surface area contributed by atoms with Crippen LogP contribution in [0.15, 0.2) is 53.6 Å². The molecular weight excluding hydrogens is 309 g/mol. The summed E-state index contributed by atoms with van der Waals surface area (Å²) in [6.07, 6.45) is 0. The number of hydrazone groups is 1. The molecule has 0 aromatic heterocycles. The third-order valence-corrected chi connectivity index (χ3v) is 3.89. The normalized spacial score (nSPS) is 13.8. The topological polar surface area (TPSA) is 36.9 Å². The molecule has 0 bridgehead atoms. The minimum Gasteiger partial charge on any atom is -0.484 e. The number of hydrogen-bond acceptors (Lipinski definition) is 4. The smallest absolute Gasteiger partial charge is 0.168 e. The third-order valence-electron chi connectivity index (χ3n) is 3.09. The van der Waals surface area contributed by atoms with Crippen molar-refractivity contribution in [3.05, 3.63) is 58.6 Å². The van der Waals surface area contributed by atoms with Crippen LogP contribution < -0.4 is 15.1 Å². The van der Waals surface area contributed by atoms with E-state index in [9.17, 15) is 0 Å². The summed E-state index contributed by atoms with van der Waals surface area (Å²) in [5.41, 5.74) is 4.02. The lowest BCUT2D eigenvalue weighted by atomic mass is 10.3. The van der Waals surface area contributed by atoms with Gasteiger partial charge in [-0.15, -0.1) is 0 Å². The van der Waals surface area contributed by atoms with Crippen LogP contribution in [-0.2, 0) is 0 Å². The molecule has 1 aliphatic heterocycles. The molecular formula is C15H13Cl2N3O. The summed E-state index contributed by atoms with van der Waals surface area (Å²) in [6, 6.07) is 15.3. The number of benzene rings is 2. The number of rotatable bonds is 4. The van der Waals surface area contributed by atoms with Crippen LogP contribution in [0.2, 0.25) is 10.0 Å². The van der Waals surface area contributed by atoms with Crippen molar-refractivity contribution in [2.45, 2.75) is 0 Å². The Kier molecular flexibility index (Phi) is 4.18. The molecule has 0 saturated carbocycles. The lowest BCUT2D eigenvalue weighted by Crippen LogP contribution is -2.32. The zero-order valence-electron chi connectivity index (χ0n) is 11.1. The molecule has 1 heterocycles. The minimum atomic E-state index is 0.307. The van der Waals surface area contributed by atoms with E-state index in [0.29, 0.717) is 29.1 Å². The fourth-order valence-electron chi connectivity index (χ4n) is 2.05. The highest BCUT2D eigenvalue weighted by atomic mass is 35.5. The van der Waals surface area contributed by atoms with Crippen molar-refractivity contribution >= 4 is 34.7 Å². The van der Waals surface area contributed by atoms with Gasteiger partial charge in [0.15, 0.2) is 5.84 Å². The Hall–Kier alpha value is -1.91. The third kappa shape index (κ3) is 3.06. The number of para-hydroxylation sites is 1. The molecule has 2 aromatic rings. The van der Waals surface area contributed by atoms with Crippen molar-refractivity contribution < 1.29 is 4.74 Å². The summed E-state index contributed by atoms with van der Waals surface area (Å²) in [7, 11) is 0. The molecule has 0 atom stereocenters. The number of ether oxygens (including phenoxy) is 1. The molecule has 3 rings (SSSR count). The maximum absolute atomic E-state index is 6.11. The minimum absolute atomic E-state index is 0.307. The molecule has 6 heteroatoms. The van der Waals surface area contributed by atoms with E-state index in [0.717, 1.165) is 11.5 Å². The predicted octanol–water partition coefficient (Wildman–Crippen LogP) is 3.75. The zero-order chi connectivity index (χ0) is 14.7. The van der Waals surface area contributed by atoms with Gasteiger partial charge in [-0.05, 0) is 24.3 Å². The molecule has 108 valence electrons. The van der Waals surface area contributed by atoms with Gasteiger partial charge >= 0.3 is 0 Å². The molecule has 21 heavy (non-hydrogen) atoms. The van der Waals surface area contributed by atoms with E-state index in [1.165, 1.54) is 0 Å². The molecule has 0 fully saturated rings. The fourth-order valence-corrected chi connectivity index (χ4v) is 2.39. The predicted molar refractivity (Wildman–Crippen MR) is 86.3 cm³/mol. The van der Waals surface area contributed by atoms with Crippen LogP contribution in [0.25, 0.3) is 0 Å². The Bertz CT molecular complexity index is 661. The summed E-state index contributed by atoms with van der Waals surface area (Å²) in [5, 5.41) is 5.14. The first-order valence-electron chi connectivity index (χ1n) is 6.44. The molecule has 0 unspecified atom stereocenters. The highest BCUT2D eigenvalue weighted by molar-refractivity contribution is 6.42. The van der Waals surface area contributed by atoms with Gasteiger partial charge in [-0.1, -0.05) is 47.5 Å². The van der Waals surface area contributed by atoms with Crippen molar-refractivity contribution in [1.82, 2.24) is 5.43 Å². The first-order valence-corrected chi connectivity index (χ1v) is 7.20. The van der Waals surface area contributed by atoms with Gasteiger partial charge in [0.2, 0.25) is 0 Å². The van der Waals surface area contributed by atoms with Crippen molar-refractivity contribution in [3.63, 3.8) is 0 Å². The van der Waals surface area contributed by atoms with Crippen molar-refractivity contribution in [3.8, 4) is 5.75 Å². The van der Waals surface area contributed by atoms with Gasteiger partial charge in [0.25, 0.3) is 0 Å². The molecule has 0 amide bonds. The van der Waals surface area contributed by atoms with Crippen LogP contribution in [0.1, 0.15) is 0 Å². The standard InChI is InChI=1S/C15H13Cl2N3O/c16-12-7-4-8-13(15(12)17)21-9-14-19-18-10-20(14)11-5-2-1-3-6-11/h1-8,18H,9-10H2. The first kappa shape index (κ1) is 14.0. The summed E-state index contributed by atoms with van der Waals surface area (Å²) in [6.45, 7) is 0.925. The van der Waals surface area contributed by atoms with E-state index in [2.05, 4.69) is 10.5 Å². The van der Waals surface area contributed by atoms with Gasteiger partial charge < -0.3 is 9.64 Å². The Morgan fingerprint density at radius 2 is 1.90 bits per heavy atom. The lowest BCUT2D eigenvalue weighted by Gasteiger charge is -2.19. The second kappa shape index (κ2) is 6.24. The van der Waals surface area contributed by atoms with Crippen molar-refractivity contribution in [2.24, 2.45) is 5.10 Å². The van der Waals surface area contributed by atoms with Gasteiger partial charge in [0, 0.05) is 5.69 Å². The second-order valence-corrected chi connectivity index (χ2v) is 5.23. The monoisotopic (exact) mass is 321 g/mol. The molecule has 0 saturated heterocycles. The largest absolute Gasteiger partial charge is 0.484 e. The van der Waals surface area contributed by atoms with E-state index in [-0.39, 0.29) is 0 Å². The van der Waals surface area contributed by atoms with E-state index in [1.807, 2.05) is 35.2 Å². The Balaban J connectivity index is 1.71. The zero-order valence-corrected chi connectivity index (χ0v) is 12.6. The Morgan fingerprint density at radius 1 is 1.10 bits per heavy atom. The summed E-state index contributed by atoms with van der Waals surface area (Å²) in [5.74, 6) is 1.34. The number of halogens is 2. The van der Waals surface area contributed by atoms with E-state index < -0.39 is 0 Å². The molecule has 0 aliphatic carbocycles. The average molecular weight is 322 g/mol. The van der Waals surface area contributed by atoms with Gasteiger partial charge in [-0.2, -0.15) is 5.10 Å². The SMILES string of the molecule is Clc1cccc(OCC2=NNCN2c2ccccc2)c1Cl. The molecule has 2 aromatic carbocycles. The summed E-state index contributed by atoms with van der Waals surface area (Å²) in [4.78, 5) is 2.04. The quantitative estimate of drug-likeness (QED) is 0.931. The Labute approximate surface area is 132 Å². The Morgan fingerprint density at radius 3 is 2.71 bits per heavy atom. The van der Waals surface area contributed by atoms with Gasteiger partial charge in [0.1, 0.15) is 24.0 Å². The molecule has 0 radical (unpaired) electrons. The van der Waals surface area contributed by atoms with Crippen LogP contribution in [-0.4, -0.2) is 19.1 Å². The van der Waals surface area contributed by atoms with E-state index >= 15 is 0 Å².